The molecule has 0 radical (unpaired) electrons. The van der Waals surface area contributed by atoms with Crippen LogP contribution in [0.3, 0.4) is 0 Å². The topological polar surface area (TPSA) is 56.0 Å². The van der Waals surface area contributed by atoms with Crippen LogP contribution in [0.5, 0.6) is 0 Å². The number of allylic oxidation sites excluding steroid dienone is 1. The molecule has 0 aliphatic carbocycles. The lowest BCUT2D eigenvalue weighted by atomic mass is 10.0. The average Bonchev–Trinajstić information content (AvgIpc) is 2.18. The van der Waals surface area contributed by atoms with E-state index in [-0.39, 0.29) is 11.7 Å². The van der Waals surface area contributed by atoms with E-state index in [4.69, 9.17) is 5.73 Å². The Labute approximate surface area is 77.3 Å². The van der Waals surface area contributed by atoms with E-state index in [1.165, 1.54) is 6.20 Å². The van der Waals surface area contributed by atoms with Crippen LogP contribution in [0.2, 0.25) is 0 Å². The highest BCUT2D eigenvalue weighted by atomic mass is 16.1. The molecule has 0 bridgehead atoms. The summed E-state index contributed by atoms with van der Waals surface area (Å²) in [6.45, 7) is 1.79. The molecule has 1 unspecified atom stereocenters. The van der Waals surface area contributed by atoms with E-state index in [2.05, 4.69) is 4.98 Å². The van der Waals surface area contributed by atoms with Crippen LogP contribution in [0.1, 0.15) is 17.4 Å². The number of Topliss-reactive ketones (excluding diaryl/α,β-unsaturated/α-hetero) is 1. The molecule has 0 aliphatic heterocycles. The number of carbonyl (C=O) groups excluding carboxylic acids is 1. The Morgan fingerprint density at radius 2 is 2.38 bits per heavy atom. The van der Waals surface area contributed by atoms with Gasteiger partial charge in [-0.15, -0.1) is 0 Å². The van der Waals surface area contributed by atoms with Crippen molar-refractivity contribution < 1.29 is 4.79 Å². The molecule has 1 atom stereocenters. The summed E-state index contributed by atoms with van der Waals surface area (Å²) < 4.78 is 0. The number of pyridine rings is 1. The van der Waals surface area contributed by atoms with Crippen molar-refractivity contribution in [2.45, 2.75) is 6.92 Å². The third-order valence-corrected chi connectivity index (χ3v) is 1.73. The third-order valence-electron chi connectivity index (χ3n) is 1.73. The number of nitrogens with two attached hydrogens (primary N) is 1. The molecule has 0 saturated carbocycles. The maximum atomic E-state index is 11.6. The van der Waals surface area contributed by atoms with Crippen molar-refractivity contribution in [2.75, 3.05) is 0 Å². The number of rotatable bonds is 3. The lowest BCUT2D eigenvalue weighted by Crippen LogP contribution is -2.10. The number of aromatic nitrogens is 1. The Kier molecular flexibility index (Phi) is 3.20. The van der Waals surface area contributed by atoms with Gasteiger partial charge in [0.25, 0.3) is 0 Å². The fraction of sp³-hybridized carbons (Fsp3) is 0.200. The molecule has 0 aliphatic rings. The van der Waals surface area contributed by atoms with Gasteiger partial charge in [0.15, 0.2) is 5.78 Å². The second-order valence-corrected chi connectivity index (χ2v) is 2.75. The van der Waals surface area contributed by atoms with E-state index in [0.29, 0.717) is 5.69 Å². The van der Waals surface area contributed by atoms with Crippen LogP contribution in [0.4, 0.5) is 0 Å². The number of nitrogens with zero attached hydrogens (tertiary/aromatic N) is 1. The van der Waals surface area contributed by atoms with Gasteiger partial charge in [0.1, 0.15) is 5.69 Å². The average molecular weight is 176 g/mol. The van der Waals surface area contributed by atoms with Crippen LogP contribution >= 0.6 is 0 Å². The Hall–Kier alpha value is -1.64. The van der Waals surface area contributed by atoms with Crippen LogP contribution in [0.15, 0.2) is 36.7 Å². The van der Waals surface area contributed by atoms with Gasteiger partial charge in [-0.3, -0.25) is 9.78 Å². The third kappa shape index (κ3) is 2.40. The van der Waals surface area contributed by atoms with Gasteiger partial charge in [-0.1, -0.05) is 19.1 Å². The molecule has 2 N–H and O–H groups in total. The predicted octanol–water partition coefficient (Wildman–Crippen LogP) is 1.37. The lowest BCUT2D eigenvalue weighted by molar-refractivity contribution is 0.0948. The smallest absolute Gasteiger partial charge is 0.187 e. The van der Waals surface area contributed by atoms with Crippen LogP contribution < -0.4 is 5.73 Å². The van der Waals surface area contributed by atoms with Crippen molar-refractivity contribution >= 4 is 5.78 Å². The van der Waals surface area contributed by atoms with Gasteiger partial charge in [0.2, 0.25) is 0 Å². The molecule has 0 spiro atoms. The van der Waals surface area contributed by atoms with E-state index in [9.17, 15) is 4.79 Å². The minimum atomic E-state index is -0.208. The molecule has 3 nitrogen and oxygen atoms in total. The minimum Gasteiger partial charge on any atom is -0.405 e. The molecular weight excluding hydrogens is 164 g/mol. The summed E-state index contributed by atoms with van der Waals surface area (Å²) in [7, 11) is 0. The molecule has 1 heterocycles. The number of hydrogen-bond donors (Lipinski definition) is 1. The van der Waals surface area contributed by atoms with E-state index >= 15 is 0 Å². The van der Waals surface area contributed by atoms with E-state index < -0.39 is 0 Å². The normalized spacial score (nSPS) is 13.0. The zero-order valence-electron chi connectivity index (χ0n) is 7.47. The van der Waals surface area contributed by atoms with E-state index in [1.54, 1.807) is 37.4 Å². The standard InChI is InChI=1S/C10H12N2O/c1-8(5-6-11)10(13)9-4-2-3-7-12-9/h2-8H,11H2,1H3/b6-5+. The largest absolute Gasteiger partial charge is 0.405 e. The fourth-order valence-corrected chi connectivity index (χ4v) is 0.996. The molecule has 1 aromatic rings. The van der Waals surface area contributed by atoms with Gasteiger partial charge in [0, 0.05) is 12.1 Å². The lowest BCUT2D eigenvalue weighted by Gasteiger charge is -2.02. The van der Waals surface area contributed by atoms with Gasteiger partial charge in [-0.25, -0.2) is 0 Å². The molecule has 0 aromatic carbocycles. The maximum Gasteiger partial charge on any atom is 0.187 e. The summed E-state index contributed by atoms with van der Waals surface area (Å²) in [5, 5.41) is 0. The summed E-state index contributed by atoms with van der Waals surface area (Å²) >= 11 is 0. The minimum absolute atomic E-state index is 0.0118. The molecule has 0 fully saturated rings. The quantitative estimate of drug-likeness (QED) is 0.708. The van der Waals surface area contributed by atoms with Crippen molar-refractivity contribution in [1.82, 2.24) is 4.98 Å². The Morgan fingerprint density at radius 1 is 1.62 bits per heavy atom. The molecule has 0 saturated heterocycles. The molecule has 68 valence electrons. The zero-order valence-corrected chi connectivity index (χ0v) is 7.47. The van der Waals surface area contributed by atoms with Gasteiger partial charge in [-0.05, 0) is 18.3 Å². The Morgan fingerprint density at radius 3 is 2.92 bits per heavy atom. The summed E-state index contributed by atoms with van der Waals surface area (Å²) in [5.41, 5.74) is 5.67. The summed E-state index contributed by atoms with van der Waals surface area (Å²) in [6.07, 6.45) is 4.63. The molecule has 3 heteroatoms. The van der Waals surface area contributed by atoms with Crippen molar-refractivity contribution in [3.05, 3.63) is 42.4 Å². The summed E-state index contributed by atoms with van der Waals surface area (Å²) in [6, 6.07) is 5.27. The molecule has 1 rings (SSSR count). The Balaban J connectivity index is 2.80. The molecule has 13 heavy (non-hydrogen) atoms. The van der Waals surface area contributed by atoms with E-state index in [1.807, 2.05) is 0 Å². The number of carbonyl (C=O) groups is 1. The number of ketones is 1. The SMILES string of the molecule is CC(/C=C/N)C(=O)c1ccccn1. The van der Waals surface area contributed by atoms with Gasteiger partial charge in [0.05, 0.1) is 0 Å². The van der Waals surface area contributed by atoms with Crippen molar-refractivity contribution in [3.63, 3.8) is 0 Å². The van der Waals surface area contributed by atoms with Crippen molar-refractivity contribution in [1.29, 1.82) is 0 Å². The van der Waals surface area contributed by atoms with Gasteiger partial charge in [-0.2, -0.15) is 0 Å². The monoisotopic (exact) mass is 176 g/mol. The first-order chi connectivity index (χ1) is 6.25. The van der Waals surface area contributed by atoms with Crippen molar-refractivity contribution in [2.24, 2.45) is 11.7 Å². The van der Waals surface area contributed by atoms with Crippen LogP contribution in [-0.4, -0.2) is 10.8 Å². The van der Waals surface area contributed by atoms with Crippen LogP contribution in [0, 0.1) is 5.92 Å². The van der Waals surface area contributed by atoms with Crippen LogP contribution in [-0.2, 0) is 0 Å². The molecular formula is C10H12N2O. The van der Waals surface area contributed by atoms with Crippen molar-refractivity contribution in [3.8, 4) is 0 Å². The highest BCUT2D eigenvalue weighted by Gasteiger charge is 2.12. The summed E-state index contributed by atoms with van der Waals surface area (Å²) in [5.74, 6) is -0.220. The van der Waals surface area contributed by atoms with E-state index in [0.717, 1.165) is 0 Å². The first-order valence-corrected chi connectivity index (χ1v) is 4.09. The fourth-order valence-electron chi connectivity index (χ4n) is 0.996. The first-order valence-electron chi connectivity index (χ1n) is 4.09. The predicted molar refractivity (Wildman–Crippen MR) is 51.1 cm³/mol. The summed E-state index contributed by atoms with van der Waals surface area (Å²) in [4.78, 5) is 15.5. The highest BCUT2D eigenvalue weighted by Crippen LogP contribution is 2.06. The first kappa shape index (κ1) is 9.45. The highest BCUT2D eigenvalue weighted by molar-refractivity contribution is 5.96. The van der Waals surface area contributed by atoms with Gasteiger partial charge < -0.3 is 5.73 Å². The Bertz CT molecular complexity index is 306. The van der Waals surface area contributed by atoms with Gasteiger partial charge >= 0.3 is 0 Å². The molecule has 0 amide bonds. The molecule has 1 aromatic heterocycles. The zero-order chi connectivity index (χ0) is 9.68. The second-order valence-electron chi connectivity index (χ2n) is 2.75. The second kappa shape index (κ2) is 4.40. The maximum absolute atomic E-state index is 11.6. The van der Waals surface area contributed by atoms with Crippen LogP contribution in [0.25, 0.3) is 0 Å². The number of hydrogen-bond acceptors (Lipinski definition) is 3.